The molecule has 0 aliphatic carbocycles. The standard InChI is InChI=1S/C28H26O5/c1-3-4-22(16-28(29)30)21-9-12-24(13-10-21)31-17-25-18-32-26-14-11-23(15-27(26)33-25)20-7-5-19(2)6-8-20/h5-15,22,25H,16-18H2,1-2H3,(H,29,30)/t22?,25-/m0/s1. The molecule has 4 rings (SSSR count). The number of ether oxygens (including phenoxy) is 3. The quantitative estimate of drug-likeness (QED) is 0.492. The molecular formula is C28H26O5. The van der Waals surface area contributed by atoms with Crippen molar-refractivity contribution in [3.63, 3.8) is 0 Å². The highest BCUT2D eigenvalue weighted by Crippen LogP contribution is 2.36. The highest BCUT2D eigenvalue weighted by atomic mass is 16.6. The van der Waals surface area contributed by atoms with Gasteiger partial charge in [0.05, 0.1) is 12.3 Å². The molecule has 1 aliphatic heterocycles. The van der Waals surface area contributed by atoms with Crippen molar-refractivity contribution in [3.8, 4) is 40.2 Å². The molecule has 0 aromatic heterocycles. The number of fused-ring (bicyclic) bond motifs is 1. The lowest BCUT2D eigenvalue weighted by Crippen LogP contribution is -2.34. The van der Waals surface area contributed by atoms with E-state index in [1.165, 1.54) is 5.56 Å². The maximum absolute atomic E-state index is 11.1. The van der Waals surface area contributed by atoms with Gasteiger partial charge in [0.25, 0.3) is 0 Å². The Balaban J connectivity index is 1.38. The molecule has 0 amide bonds. The molecule has 5 nitrogen and oxygen atoms in total. The van der Waals surface area contributed by atoms with Crippen molar-refractivity contribution in [3.05, 3.63) is 77.9 Å². The number of carboxylic acid groups (broad SMARTS) is 1. The summed E-state index contributed by atoms with van der Waals surface area (Å²) in [5, 5.41) is 9.10. The van der Waals surface area contributed by atoms with Crippen LogP contribution in [0.3, 0.4) is 0 Å². The summed E-state index contributed by atoms with van der Waals surface area (Å²) < 4.78 is 17.9. The first-order valence-corrected chi connectivity index (χ1v) is 10.9. The van der Waals surface area contributed by atoms with Gasteiger partial charge < -0.3 is 19.3 Å². The molecule has 0 saturated carbocycles. The number of rotatable bonds is 7. The summed E-state index contributed by atoms with van der Waals surface area (Å²) in [6.07, 6.45) is -0.269. The summed E-state index contributed by atoms with van der Waals surface area (Å²) >= 11 is 0. The van der Waals surface area contributed by atoms with Crippen LogP contribution >= 0.6 is 0 Å². The minimum Gasteiger partial charge on any atom is -0.490 e. The van der Waals surface area contributed by atoms with Crippen molar-refractivity contribution in [2.45, 2.75) is 32.3 Å². The fourth-order valence-corrected chi connectivity index (χ4v) is 3.71. The Hall–Kier alpha value is -3.91. The number of hydrogen-bond acceptors (Lipinski definition) is 4. The van der Waals surface area contributed by atoms with Gasteiger partial charge in [-0.3, -0.25) is 4.79 Å². The SMILES string of the molecule is CC#CC(CC(=O)O)c1ccc(OC[C@H]2COc3ccc(-c4ccc(C)cc4)cc3O2)cc1. The van der Waals surface area contributed by atoms with Crippen molar-refractivity contribution in [1.29, 1.82) is 0 Å². The maximum atomic E-state index is 11.1. The van der Waals surface area contributed by atoms with Crippen LogP contribution < -0.4 is 14.2 Å². The van der Waals surface area contributed by atoms with Gasteiger partial charge in [-0.15, -0.1) is 5.92 Å². The Kier molecular flexibility index (Phi) is 6.85. The van der Waals surface area contributed by atoms with Crippen molar-refractivity contribution in [1.82, 2.24) is 0 Å². The van der Waals surface area contributed by atoms with Crippen molar-refractivity contribution in [2.24, 2.45) is 0 Å². The maximum Gasteiger partial charge on any atom is 0.304 e. The number of benzene rings is 3. The molecule has 0 bridgehead atoms. The second-order valence-electron chi connectivity index (χ2n) is 8.00. The Morgan fingerprint density at radius 2 is 1.79 bits per heavy atom. The highest BCUT2D eigenvalue weighted by molar-refractivity contribution is 5.69. The van der Waals surface area contributed by atoms with Gasteiger partial charge >= 0.3 is 5.97 Å². The van der Waals surface area contributed by atoms with E-state index in [0.29, 0.717) is 24.7 Å². The molecule has 2 atom stereocenters. The number of carboxylic acids is 1. The first kappa shape index (κ1) is 22.3. The lowest BCUT2D eigenvalue weighted by Gasteiger charge is -2.27. The van der Waals surface area contributed by atoms with E-state index in [1.54, 1.807) is 6.92 Å². The van der Waals surface area contributed by atoms with Crippen LogP contribution in [0.2, 0.25) is 0 Å². The number of carbonyl (C=O) groups is 1. The van der Waals surface area contributed by atoms with Gasteiger partial charge in [-0.25, -0.2) is 0 Å². The van der Waals surface area contributed by atoms with Gasteiger partial charge in [0, 0.05) is 0 Å². The first-order valence-electron chi connectivity index (χ1n) is 10.9. The van der Waals surface area contributed by atoms with Crippen LogP contribution in [0, 0.1) is 18.8 Å². The minimum absolute atomic E-state index is 0.0295. The van der Waals surface area contributed by atoms with E-state index in [-0.39, 0.29) is 18.4 Å². The zero-order valence-corrected chi connectivity index (χ0v) is 18.7. The van der Waals surface area contributed by atoms with Gasteiger partial charge in [-0.1, -0.05) is 53.9 Å². The normalized spacial score (nSPS) is 15.2. The molecular weight excluding hydrogens is 416 g/mol. The molecule has 3 aromatic carbocycles. The van der Waals surface area contributed by atoms with E-state index in [4.69, 9.17) is 19.3 Å². The van der Waals surface area contributed by atoms with Gasteiger partial charge in [-0.2, -0.15) is 0 Å². The lowest BCUT2D eigenvalue weighted by atomic mass is 9.96. The predicted molar refractivity (Wildman–Crippen MR) is 127 cm³/mol. The molecule has 3 aromatic rings. The monoisotopic (exact) mass is 442 g/mol. The average molecular weight is 443 g/mol. The molecule has 0 saturated heterocycles. The van der Waals surface area contributed by atoms with Crippen LogP contribution in [-0.4, -0.2) is 30.4 Å². The van der Waals surface area contributed by atoms with Crippen LogP contribution in [0.25, 0.3) is 11.1 Å². The molecule has 33 heavy (non-hydrogen) atoms. The summed E-state index contributed by atoms with van der Waals surface area (Å²) in [7, 11) is 0. The molecule has 1 heterocycles. The molecule has 0 fully saturated rings. The van der Waals surface area contributed by atoms with Crippen molar-refractivity contribution >= 4 is 5.97 Å². The zero-order chi connectivity index (χ0) is 23.2. The molecule has 1 aliphatic rings. The molecule has 5 heteroatoms. The third-order valence-electron chi connectivity index (χ3n) is 5.46. The zero-order valence-electron chi connectivity index (χ0n) is 18.7. The number of aryl methyl sites for hydroxylation is 1. The molecule has 1 unspecified atom stereocenters. The molecule has 1 N–H and O–H groups in total. The van der Waals surface area contributed by atoms with Gasteiger partial charge in [0.15, 0.2) is 17.6 Å². The van der Waals surface area contributed by atoms with E-state index in [9.17, 15) is 4.79 Å². The van der Waals surface area contributed by atoms with Crippen LogP contribution in [0.5, 0.6) is 17.2 Å². The Bertz CT molecular complexity index is 1170. The van der Waals surface area contributed by atoms with Crippen molar-refractivity contribution in [2.75, 3.05) is 13.2 Å². The second kappa shape index (κ2) is 10.1. The van der Waals surface area contributed by atoms with E-state index in [1.807, 2.05) is 42.5 Å². The van der Waals surface area contributed by atoms with E-state index >= 15 is 0 Å². The average Bonchev–Trinajstić information content (AvgIpc) is 2.82. The fourth-order valence-electron chi connectivity index (χ4n) is 3.71. The third-order valence-corrected chi connectivity index (χ3v) is 5.46. The Morgan fingerprint density at radius 3 is 2.48 bits per heavy atom. The summed E-state index contributed by atoms with van der Waals surface area (Å²) in [5.74, 6) is 6.67. The van der Waals surface area contributed by atoms with Crippen LogP contribution in [0.4, 0.5) is 0 Å². The van der Waals surface area contributed by atoms with E-state index in [0.717, 1.165) is 22.4 Å². The molecule has 0 radical (unpaired) electrons. The minimum atomic E-state index is -0.872. The van der Waals surface area contributed by atoms with Crippen molar-refractivity contribution < 1.29 is 24.1 Å². The van der Waals surface area contributed by atoms with Gasteiger partial charge in [0.2, 0.25) is 0 Å². The predicted octanol–water partition coefficient (Wildman–Crippen LogP) is 5.46. The fraction of sp³-hybridized carbons (Fsp3) is 0.250. The van der Waals surface area contributed by atoms with E-state index in [2.05, 4.69) is 43.0 Å². The second-order valence-corrected chi connectivity index (χ2v) is 8.00. The highest BCUT2D eigenvalue weighted by Gasteiger charge is 2.22. The first-order chi connectivity index (χ1) is 16.0. The Labute approximate surface area is 193 Å². The number of aliphatic carboxylic acids is 1. The van der Waals surface area contributed by atoms with Crippen LogP contribution in [0.15, 0.2) is 66.7 Å². The summed E-state index contributed by atoms with van der Waals surface area (Å²) in [6.45, 7) is 4.52. The number of hydrogen-bond donors (Lipinski definition) is 1. The van der Waals surface area contributed by atoms with Crippen LogP contribution in [-0.2, 0) is 4.79 Å². The summed E-state index contributed by atoms with van der Waals surface area (Å²) in [4.78, 5) is 11.1. The summed E-state index contributed by atoms with van der Waals surface area (Å²) in [6, 6.07) is 21.7. The smallest absolute Gasteiger partial charge is 0.304 e. The largest absolute Gasteiger partial charge is 0.490 e. The Morgan fingerprint density at radius 1 is 1.06 bits per heavy atom. The van der Waals surface area contributed by atoms with Crippen LogP contribution in [0.1, 0.15) is 30.4 Å². The lowest BCUT2D eigenvalue weighted by molar-refractivity contribution is -0.137. The third kappa shape index (κ3) is 5.67. The van der Waals surface area contributed by atoms with Gasteiger partial charge in [0.1, 0.15) is 19.0 Å². The summed E-state index contributed by atoms with van der Waals surface area (Å²) in [5.41, 5.74) is 4.27. The van der Waals surface area contributed by atoms with Gasteiger partial charge in [-0.05, 0) is 54.8 Å². The molecule has 168 valence electrons. The van der Waals surface area contributed by atoms with E-state index < -0.39 is 5.97 Å². The topological polar surface area (TPSA) is 65.0 Å². The molecule has 0 spiro atoms.